The Hall–Kier alpha value is -3.37. The molecule has 11 heteroatoms. The Kier molecular flexibility index (Phi) is 6.62. The zero-order valence-electron chi connectivity index (χ0n) is 15.8. The van der Waals surface area contributed by atoms with Crippen molar-refractivity contribution in [3.8, 4) is 17.2 Å². The molecule has 0 bridgehead atoms. The molecule has 1 aliphatic rings. The van der Waals surface area contributed by atoms with E-state index in [1.807, 2.05) is 0 Å². The second kappa shape index (κ2) is 9.19. The maximum atomic E-state index is 13.1. The van der Waals surface area contributed by atoms with Gasteiger partial charge in [0, 0.05) is 19.0 Å². The molecule has 2 aromatic rings. The summed E-state index contributed by atoms with van der Waals surface area (Å²) in [6, 6.07) is 6.65. The van der Waals surface area contributed by atoms with Crippen molar-refractivity contribution < 1.29 is 41.0 Å². The lowest BCUT2D eigenvalue weighted by Crippen LogP contribution is -2.45. The van der Waals surface area contributed by atoms with E-state index in [1.165, 1.54) is 12.1 Å². The number of piperidine rings is 1. The number of alkyl halides is 5. The minimum atomic E-state index is -4.68. The number of benzene rings is 2. The largest absolute Gasteiger partial charge is 0.457 e. The molecule has 0 aliphatic carbocycles. The molecule has 1 aliphatic heterocycles. The molecule has 0 radical (unpaired) electrons. The van der Waals surface area contributed by atoms with Gasteiger partial charge < -0.3 is 20.1 Å². The van der Waals surface area contributed by atoms with Crippen LogP contribution in [0, 0.1) is 0 Å². The van der Waals surface area contributed by atoms with Gasteiger partial charge in [0.2, 0.25) is 5.91 Å². The van der Waals surface area contributed by atoms with Gasteiger partial charge in [-0.1, -0.05) is 0 Å². The first-order valence-electron chi connectivity index (χ1n) is 9.13. The van der Waals surface area contributed by atoms with Crippen LogP contribution in [0.2, 0.25) is 0 Å². The molecule has 1 heterocycles. The molecule has 0 aromatic heterocycles. The summed E-state index contributed by atoms with van der Waals surface area (Å²) in [6.45, 7) is -2.67. The van der Waals surface area contributed by atoms with Gasteiger partial charge in [-0.3, -0.25) is 9.59 Å². The number of hydrogen-bond donors (Lipinski definition) is 2. The first-order valence-corrected chi connectivity index (χ1v) is 9.13. The van der Waals surface area contributed by atoms with Crippen LogP contribution in [-0.2, 0) is 11.0 Å². The number of amides is 2. The highest BCUT2D eigenvalue weighted by Crippen LogP contribution is 2.35. The molecule has 2 N–H and O–H groups in total. The normalized spacial score (nSPS) is 16.6. The number of hydrogen-bond acceptors (Lipinski definition) is 4. The van der Waals surface area contributed by atoms with Gasteiger partial charge in [0.05, 0.1) is 11.1 Å². The fourth-order valence-electron chi connectivity index (χ4n) is 2.96. The number of ether oxygens (including phenoxy) is 2. The van der Waals surface area contributed by atoms with Crippen LogP contribution in [0.4, 0.5) is 22.0 Å². The maximum Gasteiger partial charge on any atom is 0.416 e. The summed E-state index contributed by atoms with van der Waals surface area (Å²) in [4.78, 5) is 24.1. The van der Waals surface area contributed by atoms with Gasteiger partial charge in [-0.05, 0) is 48.9 Å². The summed E-state index contributed by atoms with van der Waals surface area (Å²) in [7, 11) is 0. The van der Waals surface area contributed by atoms with Crippen LogP contribution in [0.3, 0.4) is 0 Å². The number of carbonyl (C=O) groups is 2. The lowest BCUT2D eigenvalue weighted by Gasteiger charge is -2.23. The summed E-state index contributed by atoms with van der Waals surface area (Å²) in [5.41, 5.74) is -1.21. The molecule has 3 rings (SSSR count). The van der Waals surface area contributed by atoms with Crippen LogP contribution in [0.15, 0.2) is 42.5 Å². The molecule has 2 aromatic carbocycles. The van der Waals surface area contributed by atoms with Crippen molar-refractivity contribution in [2.45, 2.75) is 31.7 Å². The highest BCUT2D eigenvalue weighted by atomic mass is 19.4. The van der Waals surface area contributed by atoms with Gasteiger partial charge in [-0.25, -0.2) is 0 Å². The SMILES string of the molecule is O=C1CC(NC(=O)c2ccc(C(F)(F)F)cc2Oc2ccc(OC(F)F)cc2)CCN1. The molecule has 31 heavy (non-hydrogen) atoms. The topological polar surface area (TPSA) is 76.7 Å². The molecule has 166 valence electrons. The van der Waals surface area contributed by atoms with Crippen LogP contribution in [0.5, 0.6) is 17.2 Å². The maximum absolute atomic E-state index is 13.1. The third kappa shape index (κ3) is 6.06. The van der Waals surface area contributed by atoms with Crippen molar-refractivity contribution in [3.05, 3.63) is 53.6 Å². The number of nitrogens with one attached hydrogen (secondary N) is 2. The van der Waals surface area contributed by atoms with E-state index in [1.54, 1.807) is 0 Å². The van der Waals surface area contributed by atoms with Gasteiger partial charge in [0.1, 0.15) is 17.2 Å². The summed E-state index contributed by atoms with van der Waals surface area (Å²) in [5.74, 6) is -1.49. The van der Waals surface area contributed by atoms with Gasteiger partial charge in [-0.15, -0.1) is 0 Å². The Morgan fingerprint density at radius 1 is 1.10 bits per heavy atom. The summed E-state index contributed by atoms with van der Waals surface area (Å²) >= 11 is 0. The van der Waals surface area contributed by atoms with E-state index in [0.717, 1.165) is 24.3 Å². The molecule has 2 amide bonds. The summed E-state index contributed by atoms with van der Waals surface area (Å²) in [5, 5.41) is 5.23. The Morgan fingerprint density at radius 2 is 1.77 bits per heavy atom. The lowest BCUT2D eigenvalue weighted by atomic mass is 10.0. The summed E-state index contributed by atoms with van der Waals surface area (Å²) < 4.78 is 73.6. The van der Waals surface area contributed by atoms with E-state index in [4.69, 9.17) is 4.74 Å². The molecule has 1 unspecified atom stereocenters. The van der Waals surface area contributed by atoms with E-state index < -0.39 is 30.3 Å². The fourth-order valence-corrected chi connectivity index (χ4v) is 2.96. The molecule has 1 saturated heterocycles. The zero-order valence-corrected chi connectivity index (χ0v) is 15.8. The second-order valence-corrected chi connectivity index (χ2v) is 6.67. The molecule has 6 nitrogen and oxygen atoms in total. The molecule has 0 spiro atoms. The third-order valence-electron chi connectivity index (χ3n) is 4.41. The third-order valence-corrected chi connectivity index (χ3v) is 4.41. The predicted molar refractivity (Wildman–Crippen MR) is 98.1 cm³/mol. The van der Waals surface area contributed by atoms with E-state index in [2.05, 4.69) is 15.4 Å². The van der Waals surface area contributed by atoms with Crippen molar-refractivity contribution in [2.24, 2.45) is 0 Å². The van der Waals surface area contributed by atoms with Gasteiger partial charge in [0.15, 0.2) is 0 Å². The van der Waals surface area contributed by atoms with Crippen molar-refractivity contribution in [1.29, 1.82) is 0 Å². The number of halogens is 5. The van der Waals surface area contributed by atoms with Crippen molar-refractivity contribution in [1.82, 2.24) is 10.6 Å². The first-order chi connectivity index (χ1) is 14.6. The highest BCUT2D eigenvalue weighted by molar-refractivity contribution is 5.97. The zero-order chi connectivity index (χ0) is 22.6. The Balaban J connectivity index is 1.85. The monoisotopic (exact) mass is 444 g/mol. The van der Waals surface area contributed by atoms with E-state index in [-0.39, 0.29) is 35.1 Å². The molecule has 1 fully saturated rings. The van der Waals surface area contributed by atoms with Gasteiger partial charge in [-0.2, -0.15) is 22.0 Å². The quantitative estimate of drug-likeness (QED) is 0.658. The molecular weight excluding hydrogens is 427 g/mol. The number of carbonyl (C=O) groups excluding carboxylic acids is 2. The summed E-state index contributed by atoms with van der Waals surface area (Å²) in [6.07, 6.45) is -4.16. The van der Waals surface area contributed by atoms with Crippen LogP contribution in [-0.4, -0.2) is 31.0 Å². The average Bonchev–Trinajstić information content (AvgIpc) is 2.68. The van der Waals surface area contributed by atoms with Crippen LogP contribution < -0.4 is 20.1 Å². The van der Waals surface area contributed by atoms with Crippen LogP contribution >= 0.6 is 0 Å². The van der Waals surface area contributed by atoms with E-state index >= 15 is 0 Å². The minimum Gasteiger partial charge on any atom is -0.457 e. The Morgan fingerprint density at radius 3 is 2.39 bits per heavy atom. The van der Waals surface area contributed by atoms with Gasteiger partial charge in [0.25, 0.3) is 5.91 Å². The van der Waals surface area contributed by atoms with Crippen molar-refractivity contribution in [2.75, 3.05) is 6.54 Å². The van der Waals surface area contributed by atoms with Crippen LogP contribution in [0.1, 0.15) is 28.8 Å². The minimum absolute atomic E-state index is 0.00651. The Bertz CT molecular complexity index is 948. The van der Waals surface area contributed by atoms with E-state index in [0.29, 0.717) is 19.0 Å². The van der Waals surface area contributed by atoms with Crippen molar-refractivity contribution >= 4 is 11.8 Å². The van der Waals surface area contributed by atoms with E-state index in [9.17, 15) is 31.5 Å². The standard InChI is InChI=1S/C20H17F5N2O4/c21-19(22)31-14-4-2-13(3-5-14)30-16-9-11(20(23,24)25)1-6-15(16)18(29)27-12-7-8-26-17(28)10-12/h1-6,9,12,19H,7-8,10H2,(H,26,28)(H,27,29). The first kappa shape index (κ1) is 22.3. The van der Waals surface area contributed by atoms with Crippen LogP contribution in [0.25, 0.3) is 0 Å². The number of rotatable bonds is 6. The lowest BCUT2D eigenvalue weighted by molar-refractivity contribution is -0.137. The van der Waals surface area contributed by atoms with Crippen molar-refractivity contribution in [3.63, 3.8) is 0 Å². The molecule has 1 atom stereocenters. The molecule has 0 saturated carbocycles. The van der Waals surface area contributed by atoms with Gasteiger partial charge >= 0.3 is 12.8 Å². The fraction of sp³-hybridized carbons (Fsp3) is 0.300. The highest BCUT2D eigenvalue weighted by Gasteiger charge is 2.32. The molecular formula is C20H17F5N2O4. The predicted octanol–water partition coefficient (Wildman–Crippen LogP) is 4.11. The second-order valence-electron chi connectivity index (χ2n) is 6.67. The average molecular weight is 444 g/mol. The smallest absolute Gasteiger partial charge is 0.416 e. The Labute approximate surface area is 173 Å².